The molecule has 0 aromatic heterocycles. The van der Waals surface area contributed by atoms with Crippen LogP contribution in [0.15, 0.2) is 0 Å². The van der Waals surface area contributed by atoms with Crippen LogP contribution in [0.2, 0.25) is 0 Å². The number of nitrogens with two attached hydrogens (primary N) is 1. The van der Waals surface area contributed by atoms with Crippen molar-refractivity contribution in [3.8, 4) is 0 Å². The molecular weight excluding hydrogens is 449 g/mol. The molecule has 4 heteroatoms. The topological polar surface area (TPSA) is 52.3 Å². The monoisotopic (exact) mass is 513 g/mol. The van der Waals surface area contributed by atoms with Crippen LogP contribution in [0.4, 0.5) is 4.39 Å². The first-order valence-corrected chi connectivity index (χ1v) is 16.1. The van der Waals surface area contributed by atoms with E-state index in [4.69, 9.17) is 10.5 Å². The van der Waals surface area contributed by atoms with Gasteiger partial charge in [0.1, 0.15) is 0 Å². The summed E-state index contributed by atoms with van der Waals surface area (Å²) in [5, 5.41) is 0. The van der Waals surface area contributed by atoms with Crippen molar-refractivity contribution in [3.63, 3.8) is 0 Å². The number of hydrogen-bond acceptors (Lipinski definition) is 3. The summed E-state index contributed by atoms with van der Waals surface area (Å²) in [5.74, 6) is -0.266. The van der Waals surface area contributed by atoms with E-state index in [0.717, 1.165) is 32.1 Å². The quantitative estimate of drug-likeness (QED) is 0.0836. The van der Waals surface area contributed by atoms with Gasteiger partial charge in [0.2, 0.25) is 0 Å². The number of unbranched alkanes of at least 4 members (excludes halogenated alkanes) is 15. The van der Waals surface area contributed by atoms with Crippen LogP contribution in [0.3, 0.4) is 0 Å². The van der Waals surface area contributed by atoms with E-state index < -0.39 is 12.1 Å². The molecule has 3 unspecified atom stereocenters. The summed E-state index contributed by atoms with van der Waals surface area (Å²) in [6.07, 6.45) is 26.3. The molecule has 0 aliphatic rings. The van der Waals surface area contributed by atoms with Crippen molar-refractivity contribution in [2.45, 2.75) is 187 Å². The zero-order valence-corrected chi connectivity index (χ0v) is 24.7. The Bertz CT molecular complexity index is 459. The number of rotatable bonds is 28. The minimum Gasteiger partial charge on any atom is -0.463 e. The third kappa shape index (κ3) is 23.7. The Labute approximate surface area is 225 Å². The lowest BCUT2D eigenvalue weighted by Crippen LogP contribution is -2.23. The molecule has 0 radical (unpaired) electrons. The highest BCUT2D eigenvalue weighted by Gasteiger charge is 2.20. The van der Waals surface area contributed by atoms with Gasteiger partial charge in [-0.15, -0.1) is 0 Å². The van der Waals surface area contributed by atoms with E-state index in [1.54, 1.807) is 0 Å². The van der Waals surface area contributed by atoms with Crippen LogP contribution in [-0.2, 0) is 9.53 Å². The van der Waals surface area contributed by atoms with Gasteiger partial charge in [-0.25, -0.2) is 9.18 Å². The van der Waals surface area contributed by atoms with Gasteiger partial charge in [0.25, 0.3) is 0 Å². The number of alkyl halides is 1. The largest absolute Gasteiger partial charge is 0.463 e. The van der Waals surface area contributed by atoms with E-state index in [1.165, 1.54) is 109 Å². The van der Waals surface area contributed by atoms with E-state index in [-0.39, 0.29) is 12.5 Å². The molecule has 0 fully saturated rings. The Morgan fingerprint density at radius 2 is 0.944 bits per heavy atom. The zero-order chi connectivity index (χ0) is 26.7. The Kier molecular flexibility index (Phi) is 26.9. The van der Waals surface area contributed by atoms with Crippen molar-refractivity contribution < 1.29 is 13.9 Å². The average Bonchev–Trinajstić information content (AvgIpc) is 2.88. The molecule has 0 saturated carbocycles. The average molecular weight is 514 g/mol. The fourth-order valence-electron chi connectivity index (χ4n) is 5.03. The standard InChI is InChI=1S/C32H64FNO2/c1-4-7-10-13-15-17-20-25-30(34)26-21-22-27-31(33)32(35)36-28-29(23-18-12-9-6-3)24-19-16-14-11-8-5-2/h29-31H,4-28,34H2,1-3H3. The summed E-state index contributed by atoms with van der Waals surface area (Å²) in [4.78, 5) is 12.2. The van der Waals surface area contributed by atoms with Crippen LogP contribution in [0.1, 0.15) is 175 Å². The van der Waals surface area contributed by atoms with Gasteiger partial charge >= 0.3 is 5.97 Å². The molecule has 216 valence electrons. The summed E-state index contributed by atoms with van der Waals surface area (Å²) >= 11 is 0. The molecule has 0 heterocycles. The highest BCUT2D eigenvalue weighted by atomic mass is 19.1. The van der Waals surface area contributed by atoms with Gasteiger partial charge in [-0.1, -0.05) is 136 Å². The molecule has 0 bridgehead atoms. The van der Waals surface area contributed by atoms with Crippen molar-refractivity contribution in [1.29, 1.82) is 0 Å². The number of halogens is 1. The molecule has 0 aliphatic carbocycles. The van der Waals surface area contributed by atoms with E-state index >= 15 is 0 Å². The molecular formula is C32H64FNO2. The lowest BCUT2D eigenvalue weighted by Gasteiger charge is -2.18. The van der Waals surface area contributed by atoms with Crippen LogP contribution in [-0.4, -0.2) is 24.8 Å². The van der Waals surface area contributed by atoms with Gasteiger partial charge in [-0.2, -0.15) is 0 Å². The van der Waals surface area contributed by atoms with E-state index in [2.05, 4.69) is 20.8 Å². The molecule has 3 nitrogen and oxygen atoms in total. The number of esters is 1. The Morgan fingerprint density at radius 1 is 0.583 bits per heavy atom. The fraction of sp³-hybridized carbons (Fsp3) is 0.969. The predicted molar refractivity (Wildman–Crippen MR) is 155 cm³/mol. The van der Waals surface area contributed by atoms with Crippen LogP contribution in [0.25, 0.3) is 0 Å². The first-order valence-electron chi connectivity index (χ1n) is 16.1. The third-order valence-electron chi connectivity index (χ3n) is 7.61. The molecule has 0 aromatic carbocycles. The summed E-state index contributed by atoms with van der Waals surface area (Å²) in [6, 6.07) is 0.209. The summed E-state index contributed by atoms with van der Waals surface area (Å²) < 4.78 is 19.9. The second-order valence-corrected chi connectivity index (χ2v) is 11.3. The summed E-state index contributed by atoms with van der Waals surface area (Å²) in [5.41, 5.74) is 6.24. The number of ether oxygens (including phenoxy) is 1. The van der Waals surface area contributed by atoms with Crippen molar-refractivity contribution in [2.75, 3.05) is 6.61 Å². The molecule has 2 N–H and O–H groups in total. The molecule has 0 aromatic rings. The maximum absolute atomic E-state index is 14.4. The van der Waals surface area contributed by atoms with Crippen molar-refractivity contribution >= 4 is 5.97 Å². The minimum absolute atomic E-state index is 0.209. The molecule has 0 rings (SSSR count). The van der Waals surface area contributed by atoms with Gasteiger partial charge in [-0.05, 0) is 44.4 Å². The second-order valence-electron chi connectivity index (χ2n) is 11.3. The number of carbonyl (C=O) groups is 1. The predicted octanol–water partition coefficient (Wildman–Crippen LogP) is 10.2. The van der Waals surface area contributed by atoms with Gasteiger partial charge in [0, 0.05) is 6.04 Å². The maximum Gasteiger partial charge on any atom is 0.340 e. The highest BCUT2D eigenvalue weighted by molar-refractivity contribution is 5.74. The molecule has 0 amide bonds. The smallest absolute Gasteiger partial charge is 0.340 e. The van der Waals surface area contributed by atoms with Crippen LogP contribution < -0.4 is 5.73 Å². The molecule has 0 saturated heterocycles. The molecule has 0 spiro atoms. The van der Waals surface area contributed by atoms with Crippen molar-refractivity contribution in [1.82, 2.24) is 0 Å². The summed E-state index contributed by atoms with van der Waals surface area (Å²) in [7, 11) is 0. The Balaban J connectivity index is 4.00. The van der Waals surface area contributed by atoms with Crippen molar-refractivity contribution in [3.05, 3.63) is 0 Å². The van der Waals surface area contributed by atoms with Gasteiger partial charge < -0.3 is 10.5 Å². The number of hydrogen-bond donors (Lipinski definition) is 1. The zero-order valence-electron chi connectivity index (χ0n) is 24.7. The van der Waals surface area contributed by atoms with Crippen LogP contribution >= 0.6 is 0 Å². The van der Waals surface area contributed by atoms with Crippen molar-refractivity contribution in [2.24, 2.45) is 11.7 Å². The SMILES string of the molecule is CCCCCCCCCC(N)CCCCC(F)C(=O)OCC(CCCCCC)CCCCCCCC. The third-order valence-corrected chi connectivity index (χ3v) is 7.61. The number of carbonyl (C=O) groups excluding carboxylic acids is 1. The van der Waals surface area contributed by atoms with Crippen LogP contribution in [0, 0.1) is 5.92 Å². The first-order chi connectivity index (χ1) is 17.5. The van der Waals surface area contributed by atoms with Gasteiger partial charge in [-0.3, -0.25) is 0 Å². The normalized spacial score (nSPS) is 14.0. The molecule has 3 atom stereocenters. The van der Waals surface area contributed by atoms with E-state index in [1.807, 2.05) is 0 Å². The molecule has 0 aliphatic heterocycles. The maximum atomic E-state index is 14.4. The van der Waals surface area contributed by atoms with E-state index in [9.17, 15) is 9.18 Å². The molecule has 36 heavy (non-hydrogen) atoms. The fourth-order valence-corrected chi connectivity index (χ4v) is 5.03. The lowest BCUT2D eigenvalue weighted by molar-refractivity contribution is -0.151. The Morgan fingerprint density at radius 3 is 1.44 bits per heavy atom. The first kappa shape index (κ1) is 35.4. The Hall–Kier alpha value is -0.640. The highest BCUT2D eigenvalue weighted by Crippen LogP contribution is 2.20. The van der Waals surface area contributed by atoms with Crippen LogP contribution in [0.5, 0.6) is 0 Å². The lowest BCUT2D eigenvalue weighted by atomic mass is 9.95. The van der Waals surface area contributed by atoms with E-state index in [0.29, 0.717) is 18.9 Å². The summed E-state index contributed by atoms with van der Waals surface area (Å²) in [6.45, 7) is 7.10. The second kappa shape index (κ2) is 27.4. The van der Waals surface area contributed by atoms with Gasteiger partial charge in [0.05, 0.1) is 6.61 Å². The van der Waals surface area contributed by atoms with Gasteiger partial charge in [0.15, 0.2) is 6.17 Å². The minimum atomic E-state index is -1.49.